The van der Waals surface area contributed by atoms with Crippen LogP contribution in [0.15, 0.2) is 24.3 Å². The van der Waals surface area contributed by atoms with E-state index in [1.54, 1.807) is 0 Å². The van der Waals surface area contributed by atoms with Crippen LogP contribution in [-0.2, 0) is 11.2 Å². The van der Waals surface area contributed by atoms with Gasteiger partial charge in [-0.25, -0.2) is 0 Å². The third kappa shape index (κ3) is 1.15. The average molecular weight is 175 g/mol. The SMILES string of the molecule is [Al].c1ccc2c(c1)CC1OC1O2. The second kappa shape index (κ2) is 2.78. The molecule has 1 aromatic carbocycles. The Morgan fingerprint density at radius 2 is 2.08 bits per heavy atom. The quantitative estimate of drug-likeness (QED) is 0.433. The van der Waals surface area contributed by atoms with Gasteiger partial charge in [-0.3, -0.25) is 0 Å². The van der Waals surface area contributed by atoms with Crippen LogP contribution in [0.5, 0.6) is 5.75 Å². The molecule has 3 radical (unpaired) electrons. The normalized spacial score (nSPS) is 29.0. The summed E-state index contributed by atoms with van der Waals surface area (Å²) in [5, 5.41) is 0. The average Bonchev–Trinajstić information content (AvgIpc) is 2.77. The molecule has 0 aliphatic carbocycles. The topological polar surface area (TPSA) is 21.8 Å². The molecular weight excluding hydrogens is 167 g/mol. The molecule has 59 valence electrons. The number of hydrogen-bond acceptors (Lipinski definition) is 2. The van der Waals surface area contributed by atoms with Crippen molar-refractivity contribution in [3.8, 4) is 5.75 Å². The lowest BCUT2D eigenvalue weighted by Gasteiger charge is -2.11. The predicted octanol–water partition coefficient (Wildman–Crippen LogP) is 0.966. The highest BCUT2D eigenvalue weighted by molar-refractivity contribution is 5.75. The summed E-state index contributed by atoms with van der Waals surface area (Å²) in [7, 11) is 0. The Labute approximate surface area is 81.6 Å². The van der Waals surface area contributed by atoms with Crippen LogP contribution in [0.25, 0.3) is 0 Å². The Balaban J connectivity index is 0.000000563. The fourth-order valence-electron chi connectivity index (χ4n) is 1.50. The summed E-state index contributed by atoms with van der Waals surface area (Å²) in [6.07, 6.45) is 1.41. The number of epoxide rings is 1. The Hall–Kier alpha value is -0.488. The fourth-order valence-corrected chi connectivity index (χ4v) is 1.50. The van der Waals surface area contributed by atoms with Crippen LogP contribution in [-0.4, -0.2) is 29.8 Å². The zero-order chi connectivity index (χ0) is 7.26. The smallest absolute Gasteiger partial charge is 0.227 e. The van der Waals surface area contributed by atoms with Crippen LogP contribution in [0.1, 0.15) is 5.56 Å². The standard InChI is InChI=1S/C9H8O2.Al/c1-2-4-7-6(3-1)5-8-9(10-7)11-8;/h1-4,8-9H,5H2;. The summed E-state index contributed by atoms with van der Waals surface area (Å²) in [5.41, 5.74) is 1.27. The number of ether oxygens (including phenoxy) is 2. The van der Waals surface area contributed by atoms with Crippen molar-refractivity contribution in [2.45, 2.75) is 18.8 Å². The molecule has 2 atom stereocenters. The molecule has 0 spiro atoms. The van der Waals surface area contributed by atoms with Gasteiger partial charge in [-0.1, -0.05) is 18.2 Å². The van der Waals surface area contributed by atoms with Crippen LogP contribution in [0.3, 0.4) is 0 Å². The predicted molar refractivity (Wildman–Crippen MR) is 45.2 cm³/mol. The van der Waals surface area contributed by atoms with E-state index in [9.17, 15) is 0 Å². The lowest BCUT2D eigenvalue weighted by Crippen LogP contribution is -2.12. The number of para-hydroxylation sites is 1. The van der Waals surface area contributed by atoms with Gasteiger partial charge < -0.3 is 9.47 Å². The molecule has 3 rings (SSSR count). The van der Waals surface area contributed by atoms with Gasteiger partial charge in [-0.15, -0.1) is 0 Å². The van der Waals surface area contributed by atoms with Gasteiger partial charge in [0.15, 0.2) is 0 Å². The van der Waals surface area contributed by atoms with Crippen molar-refractivity contribution in [1.82, 2.24) is 0 Å². The van der Waals surface area contributed by atoms with E-state index in [-0.39, 0.29) is 23.7 Å². The van der Waals surface area contributed by atoms with Gasteiger partial charge in [0.05, 0.1) is 0 Å². The zero-order valence-electron chi connectivity index (χ0n) is 6.57. The highest BCUT2D eigenvalue weighted by Crippen LogP contribution is 2.37. The molecule has 2 nitrogen and oxygen atoms in total. The van der Waals surface area contributed by atoms with E-state index in [0.717, 1.165) is 12.2 Å². The molecule has 1 aromatic rings. The molecule has 1 fully saturated rings. The molecular formula is C9H8AlO2. The zero-order valence-corrected chi connectivity index (χ0v) is 7.72. The molecule has 0 bridgehead atoms. The molecule has 3 heteroatoms. The van der Waals surface area contributed by atoms with Gasteiger partial charge in [0.2, 0.25) is 6.29 Å². The van der Waals surface area contributed by atoms with Gasteiger partial charge in [0, 0.05) is 23.8 Å². The van der Waals surface area contributed by atoms with E-state index in [1.807, 2.05) is 18.2 Å². The fraction of sp³-hybridized carbons (Fsp3) is 0.333. The summed E-state index contributed by atoms with van der Waals surface area (Å²) < 4.78 is 10.7. The maximum absolute atomic E-state index is 5.48. The third-order valence-electron chi connectivity index (χ3n) is 2.17. The minimum atomic E-state index is 0. The van der Waals surface area contributed by atoms with Crippen LogP contribution in [0.2, 0.25) is 0 Å². The number of benzene rings is 1. The first-order valence-corrected chi connectivity index (χ1v) is 3.83. The van der Waals surface area contributed by atoms with Crippen molar-refractivity contribution in [2.75, 3.05) is 0 Å². The number of rotatable bonds is 0. The van der Waals surface area contributed by atoms with E-state index in [4.69, 9.17) is 9.47 Å². The first-order valence-electron chi connectivity index (χ1n) is 3.83. The Morgan fingerprint density at radius 3 is 3.00 bits per heavy atom. The molecule has 0 aromatic heterocycles. The molecule has 0 saturated carbocycles. The van der Waals surface area contributed by atoms with Crippen LogP contribution in [0.4, 0.5) is 0 Å². The molecule has 0 N–H and O–H groups in total. The summed E-state index contributed by atoms with van der Waals surface area (Å²) in [6.45, 7) is 0. The summed E-state index contributed by atoms with van der Waals surface area (Å²) in [6, 6.07) is 8.10. The Kier molecular flexibility index (Phi) is 1.88. The van der Waals surface area contributed by atoms with Crippen LogP contribution < -0.4 is 4.74 Å². The second-order valence-electron chi connectivity index (χ2n) is 2.97. The summed E-state index contributed by atoms with van der Waals surface area (Å²) >= 11 is 0. The van der Waals surface area contributed by atoms with Gasteiger partial charge >= 0.3 is 0 Å². The highest BCUT2D eigenvalue weighted by atomic mass is 27.0. The van der Waals surface area contributed by atoms with Crippen molar-refractivity contribution < 1.29 is 9.47 Å². The van der Waals surface area contributed by atoms with Crippen molar-refractivity contribution in [2.24, 2.45) is 0 Å². The van der Waals surface area contributed by atoms with Gasteiger partial charge in [0.1, 0.15) is 11.9 Å². The van der Waals surface area contributed by atoms with E-state index in [2.05, 4.69) is 6.07 Å². The second-order valence-corrected chi connectivity index (χ2v) is 2.97. The van der Waals surface area contributed by atoms with E-state index in [1.165, 1.54) is 5.56 Å². The highest BCUT2D eigenvalue weighted by Gasteiger charge is 2.45. The summed E-state index contributed by atoms with van der Waals surface area (Å²) in [5.74, 6) is 0.992. The number of hydrogen-bond donors (Lipinski definition) is 0. The molecule has 2 aliphatic heterocycles. The molecule has 2 heterocycles. The minimum absolute atomic E-state index is 0. The monoisotopic (exact) mass is 175 g/mol. The van der Waals surface area contributed by atoms with Crippen molar-refractivity contribution in [3.05, 3.63) is 29.8 Å². The molecule has 1 saturated heterocycles. The minimum Gasteiger partial charge on any atom is -0.462 e. The maximum Gasteiger partial charge on any atom is 0.227 e. The van der Waals surface area contributed by atoms with E-state index < -0.39 is 0 Å². The largest absolute Gasteiger partial charge is 0.462 e. The summed E-state index contributed by atoms with van der Waals surface area (Å²) in [4.78, 5) is 0. The van der Waals surface area contributed by atoms with Gasteiger partial charge in [0.25, 0.3) is 0 Å². The van der Waals surface area contributed by atoms with Gasteiger partial charge in [-0.2, -0.15) is 0 Å². The first-order chi connectivity index (χ1) is 5.43. The molecule has 2 aliphatic rings. The van der Waals surface area contributed by atoms with Crippen molar-refractivity contribution in [3.63, 3.8) is 0 Å². The molecule has 2 unspecified atom stereocenters. The van der Waals surface area contributed by atoms with Crippen LogP contribution >= 0.6 is 0 Å². The van der Waals surface area contributed by atoms with E-state index in [0.29, 0.717) is 6.10 Å². The maximum atomic E-state index is 5.48. The number of fused-ring (bicyclic) bond motifs is 2. The lowest BCUT2D eigenvalue weighted by molar-refractivity contribution is 0.179. The van der Waals surface area contributed by atoms with Crippen molar-refractivity contribution in [1.29, 1.82) is 0 Å². The van der Waals surface area contributed by atoms with Gasteiger partial charge in [-0.05, 0) is 11.6 Å². The molecule has 12 heavy (non-hydrogen) atoms. The third-order valence-corrected chi connectivity index (χ3v) is 2.17. The Bertz CT molecular complexity index is 271. The van der Waals surface area contributed by atoms with Crippen LogP contribution in [0, 0.1) is 0 Å². The first kappa shape index (κ1) is 8.13. The molecule has 0 amide bonds. The lowest BCUT2D eigenvalue weighted by atomic mass is 10.1. The Morgan fingerprint density at radius 1 is 1.25 bits per heavy atom. The van der Waals surface area contributed by atoms with E-state index >= 15 is 0 Å². The van der Waals surface area contributed by atoms with Crippen molar-refractivity contribution >= 4 is 17.4 Å².